The third kappa shape index (κ3) is 5.39. The molecular formula is C22H24ClNO6S. The summed E-state index contributed by atoms with van der Waals surface area (Å²) in [6.07, 6.45) is 0. The number of hydrogen-bond acceptors (Lipinski definition) is 7. The summed E-state index contributed by atoms with van der Waals surface area (Å²) in [5.41, 5.74) is 1.20. The van der Waals surface area contributed by atoms with Gasteiger partial charge in [-0.1, -0.05) is 30.7 Å². The highest BCUT2D eigenvalue weighted by Crippen LogP contribution is 2.37. The average molecular weight is 466 g/mol. The van der Waals surface area contributed by atoms with Crippen molar-refractivity contribution >= 4 is 32.3 Å². The standard InChI is InChI=1S/C22H24ClNO6S/c1-4-31(25,26)20-13-19(30-14-15-5-7-16(28-3)8-6-15)17-9-10-18(29-12-11-27-2)21(23)22(17)24-20/h5-10,13H,4,11-12,14H2,1-3H3. The molecule has 3 aromatic rings. The smallest absolute Gasteiger partial charge is 0.195 e. The molecule has 0 amide bonds. The van der Waals surface area contributed by atoms with E-state index in [1.807, 2.05) is 24.3 Å². The van der Waals surface area contributed by atoms with Gasteiger partial charge in [0, 0.05) is 18.6 Å². The summed E-state index contributed by atoms with van der Waals surface area (Å²) < 4.78 is 46.8. The second-order valence-electron chi connectivity index (χ2n) is 6.61. The van der Waals surface area contributed by atoms with Crippen LogP contribution in [0.25, 0.3) is 10.9 Å². The van der Waals surface area contributed by atoms with Crippen LogP contribution in [0.1, 0.15) is 12.5 Å². The SMILES string of the molecule is CCS(=O)(=O)c1cc(OCc2ccc(OC)cc2)c2ccc(OCCOC)c(Cl)c2n1. The Kier molecular flexibility index (Phi) is 7.59. The number of nitrogens with zero attached hydrogens (tertiary/aromatic N) is 1. The molecule has 31 heavy (non-hydrogen) atoms. The van der Waals surface area contributed by atoms with Gasteiger partial charge in [0.2, 0.25) is 0 Å². The maximum absolute atomic E-state index is 12.5. The van der Waals surface area contributed by atoms with Crippen LogP contribution in [0.15, 0.2) is 47.5 Å². The molecule has 0 spiro atoms. The lowest BCUT2D eigenvalue weighted by molar-refractivity contribution is 0.146. The minimum atomic E-state index is -3.58. The molecule has 1 aromatic heterocycles. The van der Waals surface area contributed by atoms with Crippen molar-refractivity contribution in [2.24, 2.45) is 0 Å². The largest absolute Gasteiger partial charge is 0.497 e. The van der Waals surface area contributed by atoms with Crippen LogP contribution in [-0.2, 0) is 21.2 Å². The predicted molar refractivity (Wildman–Crippen MR) is 119 cm³/mol. The van der Waals surface area contributed by atoms with E-state index in [0.29, 0.717) is 35.6 Å². The van der Waals surface area contributed by atoms with Gasteiger partial charge in [0.25, 0.3) is 0 Å². The van der Waals surface area contributed by atoms with Crippen molar-refractivity contribution in [3.63, 3.8) is 0 Å². The summed E-state index contributed by atoms with van der Waals surface area (Å²) >= 11 is 6.52. The summed E-state index contributed by atoms with van der Waals surface area (Å²) in [5.74, 6) is 1.41. The average Bonchev–Trinajstić information content (AvgIpc) is 2.79. The Bertz CT molecular complexity index is 1150. The van der Waals surface area contributed by atoms with Gasteiger partial charge in [0.05, 0.1) is 25.0 Å². The number of pyridine rings is 1. The number of aromatic nitrogens is 1. The number of rotatable bonds is 10. The Hall–Kier alpha value is -2.55. The summed E-state index contributed by atoms with van der Waals surface area (Å²) in [6.45, 7) is 2.49. The molecular weight excluding hydrogens is 442 g/mol. The molecule has 7 nitrogen and oxygen atoms in total. The fourth-order valence-electron chi connectivity index (χ4n) is 2.84. The van der Waals surface area contributed by atoms with Crippen molar-refractivity contribution in [1.29, 1.82) is 0 Å². The zero-order valence-electron chi connectivity index (χ0n) is 17.6. The van der Waals surface area contributed by atoms with Crippen LogP contribution >= 0.6 is 11.6 Å². The third-order valence-corrected chi connectivity index (χ3v) is 6.59. The summed E-state index contributed by atoms with van der Waals surface area (Å²) in [4.78, 5) is 4.32. The van der Waals surface area contributed by atoms with Gasteiger partial charge >= 0.3 is 0 Å². The van der Waals surface area contributed by atoms with E-state index in [-0.39, 0.29) is 22.4 Å². The zero-order chi connectivity index (χ0) is 22.4. The lowest BCUT2D eigenvalue weighted by Crippen LogP contribution is -2.08. The highest BCUT2D eigenvalue weighted by molar-refractivity contribution is 7.91. The summed E-state index contributed by atoms with van der Waals surface area (Å²) in [5, 5.41) is 0.715. The number of ether oxygens (including phenoxy) is 4. The van der Waals surface area contributed by atoms with Crippen LogP contribution in [-0.4, -0.2) is 46.6 Å². The van der Waals surface area contributed by atoms with E-state index in [1.54, 1.807) is 33.3 Å². The van der Waals surface area contributed by atoms with Gasteiger partial charge in [-0.3, -0.25) is 0 Å². The van der Waals surface area contributed by atoms with Crippen molar-refractivity contribution in [1.82, 2.24) is 4.98 Å². The molecule has 166 valence electrons. The molecule has 3 rings (SSSR count). The number of hydrogen-bond donors (Lipinski definition) is 0. The van der Waals surface area contributed by atoms with Gasteiger partial charge in [-0.15, -0.1) is 0 Å². The molecule has 1 heterocycles. The van der Waals surface area contributed by atoms with Gasteiger partial charge in [-0.2, -0.15) is 0 Å². The lowest BCUT2D eigenvalue weighted by Gasteiger charge is -2.14. The van der Waals surface area contributed by atoms with Gasteiger partial charge in [0.1, 0.15) is 35.5 Å². The van der Waals surface area contributed by atoms with Crippen LogP contribution in [0.4, 0.5) is 0 Å². The van der Waals surface area contributed by atoms with E-state index in [0.717, 1.165) is 11.3 Å². The maximum atomic E-state index is 12.5. The van der Waals surface area contributed by atoms with Crippen LogP contribution in [0.2, 0.25) is 5.02 Å². The molecule has 0 aliphatic heterocycles. The minimum absolute atomic E-state index is 0.0922. The minimum Gasteiger partial charge on any atom is -0.497 e. The maximum Gasteiger partial charge on any atom is 0.195 e. The van der Waals surface area contributed by atoms with Gasteiger partial charge < -0.3 is 18.9 Å². The van der Waals surface area contributed by atoms with Crippen molar-refractivity contribution in [2.45, 2.75) is 18.6 Å². The number of methoxy groups -OCH3 is 2. The lowest BCUT2D eigenvalue weighted by atomic mass is 10.2. The van der Waals surface area contributed by atoms with Gasteiger partial charge in [-0.25, -0.2) is 13.4 Å². The fraction of sp³-hybridized carbons (Fsp3) is 0.318. The van der Waals surface area contributed by atoms with Gasteiger partial charge in [0.15, 0.2) is 14.9 Å². The van der Waals surface area contributed by atoms with Crippen LogP contribution in [0.5, 0.6) is 17.2 Å². The number of sulfone groups is 1. The van der Waals surface area contributed by atoms with Crippen molar-refractivity contribution in [2.75, 3.05) is 33.2 Å². The van der Waals surface area contributed by atoms with Crippen LogP contribution in [0, 0.1) is 0 Å². The quantitative estimate of drug-likeness (QED) is 0.413. The van der Waals surface area contributed by atoms with Crippen molar-refractivity contribution in [3.8, 4) is 17.2 Å². The summed E-state index contributed by atoms with van der Waals surface area (Å²) in [7, 11) is -0.413. The van der Waals surface area contributed by atoms with Crippen LogP contribution < -0.4 is 14.2 Å². The first-order valence-corrected chi connectivity index (χ1v) is 11.7. The molecule has 0 aliphatic rings. The van der Waals surface area contributed by atoms with E-state index >= 15 is 0 Å². The second-order valence-corrected chi connectivity index (χ2v) is 9.22. The number of halogens is 1. The Morgan fingerprint density at radius 2 is 1.71 bits per heavy atom. The topological polar surface area (TPSA) is 84.0 Å². The molecule has 0 atom stereocenters. The third-order valence-electron chi connectivity index (χ3n) is 4.62. The fourth-order valence-corrected chi connectivity index (χ4v) is 3.92. The molecule has 0 saturated heterocycles. The monoisotopic (exact) mass is 465 g/mol. The van der Waals surface area contributed by atoms with E-state index in [9.17, 15) is 8.42 Å². The molecule has 0 bridgehead atoms. The van der Waals surface area contributed by atoms with E-state index in [4.69, 9.17) is 30.5 Å². The molecule has 0 unspecified atom stereocenters. The van der Waals surface area contributed by atoms with Crippen LogP contribution in [0.3, 0.4) is 0 Å². The highest BCUT2D eigenvalue weighted by Gasteiger charge is 2.20. The molecule has 0 N–H and O–H groups in total. The Balaban J connectivity index is 2.02. The molecule has 0 aliphatic carbocycles. The first-order valence-electron chi connectivity index (χ1n) is 9.63. The normalized spacial score (nSPS) is 11.5. The molecule has 0 radical (unpaired) electrons. The molecule has 2 aromatic carbocycles. The predicted octanol–water partition coefficient (Wildman–Crippen LogP) is 4.29. The van der Waals surface area contributed by atoms with E-state index in [1.165, 1.54) is 6.07 Å². The van der Waals surface area contributed by atoms with E-state index in [2.05, 4.69) is 4.98 Å². The Morgan fingerprint density at radius 1 is 0.968 bits per heavy atom. The van der Waals surface area contributed by atoms with E-state index < -0.39 is 9.84 Å². The zero-order valence-corrected chi connectivity index (χ0v) is 19.1. The van der Waals surface area contributed by atoms with Gasteiger partial charge in [-0.05, 0) is 29.8 Å². The molecule has 9 heteroatoms. The Morgan fingerprint density at radius 3 is 2.35 bits per heavy atom. The second kappa shape index (κ2) is 10.2. The highest BCUT2D eigenvalue weighted by atomic mass is 35.5. The number of fused-ring (bicyclic) bond motifs is 1. The molecule has 0 fully saturated rings. The Labute approximate surface area is 186 Å². The summed E-state index contributed by atoms with van der Waals surface area (Å²) in [6, 6.07) is 12.3. The van der Waals surface area contributed by atoms with Crippen molar-refractivity contribution in [3.05, 3.63) is 53.1 Å². The van der Waals surface area contributed by atoms with Crippen molar-refractivity contribution < 1.29 is 27.4 Å². The first-order chi connectivity index (χ1) is 14.9. The first kappa shape index (κ1) is 23.1. The molecule has 0 saturated carbocycles. The number of benzene rings is 2.